The predicted octanol–water partition coefficient (Wildman–Crippen LogP) is 3.42. The van der Waals surface area contributed by atoms with Gasteiger partial charge in [0.25, 0.3) is 0 Å². The van der Waals surface area contributed by atoms with Crippen molar-refractivity contribution < 1.29 is 4.74 Å². The second kappa shape index (κ2) is 6.55. The molecule has 1 fully saturated rings. The van der Waals surface area contributed by atoms with Crippen molar-refractivity contribution in [1.29, 1.82) is 0 Å². The van der Waals surface area contributed by atoms with Gasteiger partial charge in [0, 0.05) is 17.7 Å². The van der Waals surface area contributed by atoms with Gasteiger partial charge in [-0.3, -0.25) is 0 Å². The molecule has 2 N–H and O–H groups in total. The molecular formula is C15H22ClNO. The highest BCUT2D eigenvalue weighted by molar-refractivity contribution is 6.30. The topological polar surface area (TPSA) is 35.2 Å². The van der Waals surface area contributed by atoms with Crippen LogP contribution in [0.3, 0.4) is 0 Å². The summed E-state index contributed by atoms with van der Waals surface area (Å²) in [5.74, 6) is 0.754. The van der Waals surface area contributed by atoms with Crippen molar-refractivity contribution >= 4 is 11.6 Å². The van der Waals surface area contributed by atoms with E-state index in [1.54, 1.807) is 0 Å². The van der Waals surface area contributed by atoms with Crippen LogP contribution in [0.1, 0.15) is 31.7 Å². The number of rotatable bonds is 6. The third-order valence-corrected chi connectivity index (χ3v) is 3.89. The normalized spacial score (nSPS) is 24.6. The number of nitrogens with two attached hydrogens (primary N) is 1. The van der Waals surface area contributed by atoms with Gasteiger partial charge >= 0.3 is 0 Å². The molecule has 1 saturated carbocycles. The molecule has 0 amide bonds. The summed E-state index contributed by atoms with van der Waals surface area (Å²) in [6.45, 7) is 2.88. The molecule has 0 heterocycles. The van der Waals surface area contributed by atoms with Crippen molar-refractivity contribution in [2.45, 2.75) is 44.8 Å². The van der Waals surface area contributed by atoms with Crippen molar-refractivity contribution in [2.24, 2.45) is 11.7 Å². The van der Waals surface area contributed by atoms with E-state index in [2.05, 4.69) is 19.1 Å². The second-order valence-electron chi connectivity index (χ2n) is 5.24. The molecular weight excluding hydrogens is 246 g/mol. The first-order chi connectivity index (χ1) is 8.67. The van der Waals surface area contributed by atoms with Gasteiger partial charge < -0.3 is 10.5 Å². The lowest BCUT2D eigenvalue weighted by atomic mass is 9.77. The molecule has 100 valence electrons. The molecule has 2 rings (SSSR count). The molecule has 0 bridgehead atoms. The van der Waals surface area contributed by atoms with E-state index in [4.69, 9.17) is 22.1 Å². The third-order valence-electron chi connectivity index (χ3n) is 3.64. The van der Waals surface area contributed by atoms with Gasteiger partial charge in [-0.1, -0.05) is 23.7 Å². The highest BCUT2D eigenvalue weighted by Crippen LogP contribution is 2.33. The average Bonchev–Trinajstić information content (AvgIpc) is 2.29. The molecule has 0 spiro atoms. The van der Waals surface area contributed by atoms with E-state index in [9.17, 15) is 0 Å². The number of hydrogen-bond acceptors (Lipinski definition) is 2. The Bertz CT molecular complexity index is 359. The van der Waals surface area contributed by atoms with Gasteiger partial charge in [-0.05, 0) is 56.2 Å². The van der Waals surface area contributed by atoms with Crippen molar-refractivity contribution in [3.63, 3.8) is 0 Å². The molecule has 1 unspecified atom stereocenters. The van der Waals surface area contributed by atoms with E-state index < -0.39 is 0 Å². The first kappa shape index (κ1) is 13.9. The third kappa shape index (κ3) is 3.98. The zero-order valence-electron chi connectivity index (χ0n) is 10.9. The maximum absolute atomic E-state index is 6.20. The molecule has 1 aliphatic carbocycles. The Balaban J connectivity index is 1.70. The second-order valence-corrected chi connectivity index (χ2v) is 5.68. The van der Waals surface area contributed by atoms with Crippen LogP contribution in [0.2, 0.25) is 5.02 Å². The van der Waals surface area contributed by atoms with Crippen LogP contribution in [0.5, 0.6) is 0 Å². The van der Waals surface area contributed by atoms with Gasteiger partial charge in [-0.25, -0.2) is 0 Å². The summed E-state index contributed by atoms with van der Waals surface area (Å²) in [5.41, 5.74) is 7.47. The van der Waals surface area contributed by atoms with E-state index in [1.165, 1.54) is 18.4 Å². The summed E-state index contributed by atoms with van der Waals surface area (Å²) in [6, 6.07) is 8.23. The Labute approximate surface area is 114 Å². The molecule has 1 aromatic carbocycles. The molecule has 0 aromatic heterocycles. The van der Waals surface area contributed by atoms with Gasteiger partial charge in [-0.15, -0.1) is 0 Å². The predicted molar refractivity (Wildman–Crippen MR) is 75.9 cm³/mol. The van der Waals surface area contributed by atoms with Crippen LogP contribution in [0.4, 0.5) is 0 Å². The Morgan fingerprint density at radius 1 is 1.33 bits per heavy atom. The number of halogens is 1. The largest absolute Gasteiger partial charge is 0.378 e. The van der Waals surface area contributed by atoms with Gasteiger partial charge in [0.05, 0.1) is 6.10 Å². The SMILES string of the molecule is CCOC1CC(CC(N)Cc2ccc(Cl)cc2)C1. The van der Waals surface area contributed by atoms with E-state index in [-0.39, 0.29) is 6.04 Å². The molecule has 1 aliphatic rings. The fourth-order valence-electron chi connectivity index (χ4n) is 2.67. The molecule has 2 nitrogen and oxygen atoms in total. The van der Waals surface area contributed by atoms with Crippen molar-refractivity contribution in [3.05, 3.63) is 34.9 Å². The fourth-order valence-corrected chi connectivity index (χ4v) is 2.80. The van der Waals surface area contributed by atoms with Crippen molar-refractivity contribution in [3.8, 4) is 0 Å². The minimum Gasteiger partial charge on any atom is -0.378 e. The van der Waals surface area contributed by atoms with Crippen LogP contribution >= 0.6 is 11.6 Å². The minimum absolute atomic E-state index is 0.249. The fraction of sp³-hybridized carbons (Fsp3) is 0.600. The van der Waals surface area contributed by atoms with Crippen LogP contribution in [0.15, 0.2) is 24.3 Å². The number of benzene rings is 1. The lowest BCUT2D eigenvalue weighted by Crippen LogP contribution is -2.36. The first-order valence-corrected chi connectivity index (χ1v) is 7.16. The Morgan fingerprint density at radius 3 is 2.61 bits per heavy atom. The van der Waals surface area contributed by atoms with Crippen LogP contribution in [-0.2, 0) is 11.2 Å². The summed E-state index contributed by atoms with van der Waals surface area (Å²) >= 11 is 5.86. The maximum atomic E-state index is 6.20. The van der Waals surface area contributed by atoms with Crippen LogP contribution in [0.25, 0.3) is 0 Å². The first-order valence-electron chi connectivity index (χ1n) is 6.79. The molecule has 18 heavy (non-hydrogen) atoms. The smallest absolute Gasteiger partial charge is 0.0580 e. The quantitative estimate of drug-likeness (QED) is 0.857. The standard InChI is InChI=1S/C15H22ClNO/c1-2-18-15-9-12(10-15)8-14(17)7-11-3-5-13(16)6-4-11/h3-6,12,14-15H,2,7-10,17H2,1H3. The highest BCUT2D eigenvalue weighted by Gasteiger charge is 2.30. The molecule has 3 heteroatoms. The minimum atomic E-state index is 0.249. The van der Waals surface area contributed by atoms with Gasteiger partial charge in [0.2, 0.25) is 0 Å². The van der Waals surface area contributed by atoms with Gasteiger partial charge in [-0.2, -0.15) is 0 Å². The monoisotopic (exact) mass is 267 g/mol. The molecule has 1 atom stereocenters. The van der Waals surface area contributed by atoms with E-state index in [0.29, 0.717) is 6.10 Å². The van der Waals surface area contributed by atoms with Crippen molar-refractivity contribution in [2.75, 3.05) is 6.61 Å². The van der Waals surface area contributed by atoms with E-state index in [0.717, 1.165) is 30.4 Å². The number of ether oxygens (including phenoxy) is 1. The van der Waals surface area contributed by atoms with Crippen molar-refractivity contribution in [1.82, 2.24) is 0 Å². The Kier molecular flexibility index (Phi) is 5.04. The lowest BCUT2D eigenvalue weighted by Gasteiger charge is -2.36. The van der Waals surface area contributed by atoms with Crippen LogP contribution < -0.4 is 5.73 Å². The zero-order valence-corrected chi connectivity index (χ0v) is 11.7. The molecule has 1 aromatic rings. The average molecular weight is 268 g/mol. The summed E-state index contributed by atoms with van der Waals surface area (Å²) in [7, 11) is 0. The Hall–Kier alpha value is -0.570. The molecule has 0 aliphatic heterocycles. The zero-order chi connectivity index (χ0) is 13.0. The van der Waals surface area contributed by atoms with Crippen LogP contribution in [-0.4, -0.2) is 18.8 Å². The van der Waals surface area contributed by atoms with E-state index >= 15 is 0 Å². The van der Waals surface area contributed by atoms with E-state index in [1.807, 2.05) is 12.1 Å². The summed E-state index contributed by atoms with van der Waals surface area (Å²) < 4.78 is 5.57. The summed E-state index contributed by atoms with van der Waals surface area (Å²) in [6.07, 6.45) is 4.89. The summed E-state index contributed by atoms with van der Waals surface area (Å²) in [5, 5.41) is 0.783. The maximum Gasteiger partial charge on any atom is 0.0580 e. The van der Waals surface area contributed by atoms with Crippen LogP contribution in [0, 0.1) is 5.92 Å². The van der Waals surface area contributed by atoms with Gasteiger partial charge in [0.1, 0.15) is 0 Å². The highest BCUT2D eigenvalue weighted by atomic mass is 35.5. The lowest BCUT2D eigenvalue weighted by molar-refractivity contribution is -0.0280. The molecule has 0 saturated heterocycles. The number of hydrogen-bond donors (Lipinski definition) is 1. The van der Waals surface area contributed by atoms with Gasteiger partial charge in [0.15, 0.2) is 0 Å². The molecule has 0 radical (unpaired) electrons. The Morgan fingerprint density at radius 2 is 2.00 bits per heavy atom. The summed E-state index contributed by atoms with van der Waals surface area (Å²) in [4.78, 5) is 0.